The van der Waals surface area contributed by atoms with E-state index in [1.807, 2.05) is 37.7 Å². The molecule has 10 heteroatoms. The summed E-state index contributed by atoms with van der Waals surface area (Å²) >= 11 is 1.63. The summed E-state index contributed by atoms with van der Waals surface area (Å²) in [6, 6.07) is 14.4. The maximum Gasteiger partial charge on any atom is 0.247 e. The number of carbonyl (C=O) groups excluding carboxylic acids is 1. The Morgan fingerprint density at radius 1 is 1.14 bits per heavy atom. The molecule has 5 rings (SSSR count). The first-order valence-electron chi connectivity index (χ1n) is 13.9. The largest absolute Gasteiger partial charge is 0.494 e. The molecule has 0 aliphatic heterocycles. The minimum absolute atomic E-state index is 0.297. The SMILES string of the molecule is C=CC(=O)Nc1cc(Nc2nc(-c3cn(C(C)C)c4ccccc34)c3sccc3n2)c(OC)cc1NCCCN(C)C. The highest BCUT2D eigenvalue weighted by atomic mass is 32.1. The van der Waals surface area contributed by atoms with Crippen molar-refractivity contribution in [2.24, 2.45) is 0 Å². The van der Waals surface area contributed by atoms with E-state index in [1.54, 1.807) is 18.4 Å². The highest BCUT2D eigenvalue weighted by Crippen LogP contribution is 2.40. The number of hydrogen-bond donors (Lipinski definition) is 3. The fourth-order valence-corrected chi connectivity index (χ4v) is 5.78. The predicted molar refractivity (Wildman–Crippen MR) is 175 cm³/mol. The quantitative estimate of drug-likeness (QED) is 0.106. The van der Waals surface area contributed by atoms with E-state index in [-0.39, 0.29) is 5.91 Å². The van der Waals surface area contributed by atoms with Crippen molar-refractivity contribution in [2.45, 2.75) is 26.3 Å². The molecule has 9 nitrogen and oxygen atoms in total. The van der Waals surface area contributed by atoms with Crippen LogP contribution in [-0.4, -0.2) is 59.6 Å². The first kappa shape index (κ1) is 29.1. The van der Waals surface area contributed by atoms with Gasteiger partial charge in [-0.1, -0.05) is 24.8 Å². The van der Waals surface area contributed by atoms with Crippen LogP contribution < -0.4 is 20.7 Å². The lowest BCUT2D eigenvalue weighted by Gasteiger charge is -2.18. The van der Waals surface area contributed by atoms with Gasteiger partial charge in [0.1, 0.15) is 5.75 Å². The summed E-state index contributed by atoms with van der Waals surface area (Å²) in [6.45, 7) is 9.64. The number of anilines is 4. The van der Waals surface area contributed by atoms with E-state index in [9.17, 15) is 4.79 Å². The molecule has 218 valence electrons. The zero-order valence-corrected chi connectivity index (χ0v) is 25.5. The van der Waals surface area contributed by atoms with Crippen LogP contribution in [0.5, 0.6) is 5.75 Å². The maximum atomic E-state index is 12.3. The third-order valence-electron chi connectivity index (χ3n) is 6.98. The van der Waals surface area contributed by atoms with Crippen LogP contribution >= 0.6 is 11.3 Å². The van der Waals surface area contributed by atoms with E-state index in [2.05, 4.69) is 76.3 Å². The van der Waals surface area contributed by atoms with Crippen molar-refractivity contribution in [1.29, 1.82) is 0 Å². The first-order chi connectivity index (χ1) is 20.3. The van der Waals surface area contributed by atoms with E-state index < -0.39 is 0 Å². The molecule has 3 N–H and O–H groups in total. The van der Waals surface area contributed by atoms with Gasteiger partial charge < -0.3 is 30.2 Å². The fraction of sp³-hybridized carbons (Fsp3) is 0.281. The number of nitrogens with zero attached hydrogens (tertiary/aromatic N) is 4. The summed E-state index contributed by atoms with van der Waals surface area (Å²) < 4.78 is 9.07. The molecule has 0 aliphatic carbocycles. The third kappa shape index (κ3) is 6.09. The topological polar surface area (TPSA) is 96.3 Å². The highest BCUT2D eigenvalue weighted by molar-refractivity contribution is 7.17. The van der Waals surface area contributed by atoms with Gasteiger partial charge in [-0.2, -0.15) is 0 Å². The number of thiophene rings is 1. The number of carbonyl (C=O) groups is 1. The lowest BCUT2D eigenvalue weighted by molar-refractivity contribution is -0.111. The number of nitrogens with one attached hydrogen (secondary N) is 3. The molecule has 5 aromatic rings. The van der Waals surface area contributed by atoms with Crippen LogP contribution in [0.1, 0.15) is 26.3 Å². The second kappa shape index (κ2) is 12.6. The molecule has 0 atom stereocenters. The Bertz CT molecular complexity index is 1740. The van der Waals surface area contributed by atoms with Crippen LogP contribution in [0.15, 0.2) is 66.7 Å². The van der Waals surface area contributed by atoms with Crippen molar-refractivity contribution in [2.75, 3.05) is 50.2 Å². The van der Waals surface area contributed by atoms with Crippen LogP contribution in [-0.2, 0) is 4.79 Å². The van der Waals surface area contributed by atoms with E-state index >= 15 is 0 Å². The molecular weight excluding hydrogens is 546 g/mol. The zero-order chi connectivity index (χ0) is 29.8. The summed E-state index contributed by atoms with van der Waals surface area (Å²) in [5, 5.41) is 12.9. The van der Waals surface area contributed by atoms with Gasteiger partial charge in [0, 0.05) is 41.3 Å². The Morgan fingerprint density at radius 3 is 2.69 bits per heavy atom. The zero-order valence-electron chi connectivity index (χ0n) is 24.7. The molecule has 0 spiro atoms. The Labute approximate surface area is 250 Å². The van der Waals surface area contributed by atoms with Gasteiger partial charge in [-0.3, -0.25) is 4.79 Å². The highest BCUT2D eigenvalue weighted by Gasteiger charge is 2.19. The van der Waals surface area contributed by atoms with Crippen molar-refractivity contribution < 1.29 is 9.53 Å². The lowest BCUT2D eigenvalue weighted by atomic mass is 10.1. The lowest BCUT2D eigenvalue weighted by Crippen LogP contribution is -2.17. The van der Waals surface area contributed by atoms with Crippen molar-refractivity contribution in [3.05, 3.63) is 66.7 Å². The molecule has 0 bridgehead atoms. The normalized spacial score (nSPS) is 11.4. The molecule has 0 unspecified atom stereocenters. The van der Waals surface area contributed by atoms with Crippen LogP contribution in [0.3, 0.4) is 0 Å². The standard InChI is InChI=1S/C32H37N7O2S/c1-7-29(40)34-25-17-26(28(41-6)18-24(25)33-14-10-15-38(4)5)36-32-35-23-13-16-42-31(23)30(37-32)22-19-39(20(2)3)27-12-9-8-11-21(22)27/h7-9,11-13,16-20,33H,1,10,14-15H2,2-6H3,(H,34,40)(H,35,36,37). The van der Waals surface area contributed by atoms with Gasteiger partial charge in [-0.15, -0.1) is 11.3 Å². The number of para-hydroxylation sites is 1. The number of ether oxygens (including phenoxy) is 1. The molecule has 1 amide bonds. The van der Waals surface area contributed by atoms with Crippen molar-refractivity contribution in [1.82, 2.24) is 19.4 Å². The molecule has 0 saturated carbocycles. The van der Waals surface area contributed by atoms with Crippen molar-refractivity contribution in [3.8, 4) is 17.0 Å². The number of hydrogen-bond acceptors (Lipinski definition) is 8. The van der Waals surface area contributed by atoms with Gasteiger partial charge in [0.15, 0.2) is 0 Å². The number of aromatic nitrogens is 3. The van der Waals surface area contributed by atoms with E-state index in [0.717, 1.165) is 52.1 Å². The molecule has 0 aliphatic rings. The van der Waals surface area contributed by atoms with Gasteiger partial charge in [0.25, 0.3) is 0 Å². The van der Waals surface area contributed by atoms with E-state index in [4.69, 9.17) is 14.7 Å². The second-order valence-electron chi connectivity index (χ2n) is 10.6. The number of rotatable bonds is 12. The van der Waals surface area contributed by atoms with Crippen LogP contribution in [0.25, 0.3) is 32.4 Å². The molecule has 2 aromatic carbocycles. The number of amides is 1. The summed E-state index contributed by atoms with van der Waals surface area (Å²) in [5.41, 5.74) is 5.92. The van der Waals surface area contributed by atoms with Gasteiger partial charge in [0.05, 0.1) is 40.1 Å². The summed E-state index contributed by atoms with van der Waals surface area (Å²) in [4.78, 5) is 24.3. The van der Waals surface area contributed by atoms with Crippen LogP contribution in [0, 0.1) is 0 Å². The first-order valence-corrected chi connectivity index (χ1v) is 14.8. The molecule has 0 fully saturated rings. The average Bonchev–Trinajstić information content (AvgIpc) is 3.61. The van der Waals surface area contributed by atoms with Crippen LogP contribution in [0.2, 0.25) is 0 Å². The van der Waals surface area contributed by atoms with Gasteiger partial charge >= 0.3 is 0 Å². The molecule has 42 heavy (non-hydrogen) atoms. The Morgan fingerprint density at radius 2 is 1.95 bits per heavy atom. The Hall–Kier alpha value is -4.41. The smallest absolute Gasteiger partial charge is 0.247 e. The van der Waals surface area contributed by atoms with E-state index in [1.165, 1.54) is 11.6 Å². The molecular formula is C32H37N7O2S. The average molecular weight is 584 g/mol. The third-order valence-corrected chi connectivity index (χ3v) is 7.89. The second-order valence-corrected chi connectivity index (χ2v) is 11.5. The number of methoxy groups -OCH3 is 1. The van der Waals surface area contributed by atoms with Gasteiger partial charge in [-0.25, -0.2) is 9.97 Å². The Kier molecular flexibility index (Phi) is 8.75. The minimum Gasteiger partial charge on any atom is -0.494 e. The van der Waals surface area contributed by atoms with Crippen molar-refractivity contribution in [3.63, 3.8) is 0 Å². The number of fused-ring (bicyclic) bond motifs is 2. The monoisotopic (exact) mass is 583 g/mol. The predicted octanol–water partition coefficient (Wildman–Crippen LogP) is 7.13. The van der Waals surface area contributed by atoms with Crippen molar-refractivity contribution >= 4 is 61.4 Å². The summed E-state index contributed by atoms with van der Waals surface area (Å²) in [5.74, 6) is 0.721. The Balaban J connectivity index is 1.56. The maximum absolute atomic E-state index is 12.3. The van der Waals surface area contributed by atoms with E-state index in [0.29, 0.717) is 29.1 Å². The fourth-order valence-electron chi connectivity index (χ4n) is 4.94. The molecule has 3 aromatic heterocycles. The summed E-state index contributed by atoms with van der Waals surface area (Å²) in [6.07, 6.45) is 4.37. The number of benzene rings is 2. The minimum atomic E-state index is -0.303. The van der Waals surface area contributed by atoms with Crippen LogP contribution in [0.4, 0.5) is 23.0 Å². The van der Waals surface area contributed by atoms with Gasteiger partial charge in [-0.05, 0) is 70.6 Å². The molecule has 0 radical (unpaired) electrons. The van der Waals surface area contributed by atoms with Gasteiger partial charge in [0.2, 0.25) is 11.9 Å². The molecule has 0 saturated heterocycles. The molecule has 3 heterocycles. The summed E-state index contributed by atoms with van der Waals surface area (Å²) in [7, 11) is 5.71.